The van der Waals surface area contributed by atoms with Crippen LogP contribution in [-0.2, 0) is 6.42 Å². The Morgan fingerprint density at radius 2 is 1.82 bits per heavy atom. The molecule has 3 rings (SSSR count). The van der Waals surface area contributed by atoms with Crippen molar-refractivity contribution >= 4 is 17.5 Å². The van der Waals surface area contributed by atoms with Crippen LogP contribution in [0.5, 0.6) is 0 Å². The van der Waals surface area contributed by atoms with E-state index in [1.807, 2.05) is 39.0 Å². The topological polar surface area (TPSA) is 88.9 Å². The molecule has 28 heavy (non-hydrogen) atoms. The van der Waals surface area contributed by atoms with Gasteiger partial charge in [0.15, 0.2) is 5.82 Å². The third-order valence-electron chi connectivity index (χ3n) is 4.14. The average molecular weight is 377 g/mol. The van der Waals surface area contributed by atoms with Crippen molar-refractivity contribution in [2.45, 2.75) is 33.2 Å². The maximum atomic E-state index is 12.7. The zero-order valence-corrected chi connectivity index (χ0v) is 16.1. The van der Waals surface area contributed by atoms with Gasteiger partial charge in [0.25, 0.3) is 11.8 Å². The molecule has 0 aliphatic rings. The zero-order chi connectivity index (χ0) is 20.1. The highest BCUT2D eigenvalue weighted by Gasteiger charge is 2.18. The van der Waals surface area contributed by atoms with E-state index in [1.54, 1.807) is 41.3 Å². The van der Waals surface area contributed by atoms with Crippen LogP contribution >= 0.6 is 0 Å². The van der Waals surface area contributed by atoms with Gasteiger partial charge in [0.05, 0.1) is 17.5 Å². The molecule has 0 bridgehead atoms. The summed E-state index contributed by atoms with van der Waals surface area (Å²) in [4.78, 5) is 29.0. The normalized spacial score (nSPS) is 10.7. The number of aromatic nitrogens is 3. The summed E-state index contributed by atoms with van der Waals surface area (Å²) in [6, 6.07) is 12.4. The molecule has 0 unspecified atom stereocenters. The molecule has 0 aliphatic carbocycles. The fraction of sp³-hybridized carbons (Fsp3) is 0.238. The molecule has 0 fully saturated rings. The number of carbonyl (C=O) groups excluding carboxylic acids is 2. The molecule has 7 nitrogen and oxygen atoms in total. The second kappa shape index (κ2) is 8.47. The van der Waals surface area contributed by atoms with Crippen LogP contribution in [0.25, 0.3) is 5.82 Å². The third kappa shape index (κ3) is 4.25. The first-order valence-corrected chi connectivity index (χ1v) is 9.20. The molecule has 0 atom stereocenters. The van der Waals surface area contributed by atoms with E-state index in [4.69, 9.17) is 0 Å². The number of rotatable bonds is 6. The van der Waals surface area contributed by atoms with Gasteiger partial charge in [-0.2, -0.15) is 5.10 Å². The highest BCUT2D eigenvalue weighted by atomic mass is 16.2. The summed E-state index contributed by atoms with van der Waals surface area (Å²) in [6.07, 6.45) is 3.87. The van der Waals surface area contributed by atoms with Gasteiger partial charge in [-0.15, -0.1) is 0 Å². The van der Waals surface area contributed by atoms with Crippen molar-refractivity contribution in [1.29, 1.82) is 0 Å². The molecular formula is C21H23N5O2. The van der Waals surface area contributed by atoms with Crippen LogP contribution in [0.4, 0.5) is 5.69 Å². The van der Waals surface area contributed by atoms with Gasteiger partial charge in [0.1, 0.15) is 0 Å². The lowest BCUT2D eigenvalue weighted by molar-refractivity contribution is 0.0942. The van der Waals surface area contributed by atoms with E-state index < -0.39 is 0 Å². The number of nitrogens with one attached hydrogen (secondary N) is 2. The molecule has 0 saturated heterocycles. The van der Waals surface area contributed by atoms with E-state index in [0.717, 1.165) is 5.69 Å². The summed E-state index contributed by atoms with van der Waals surface area (Å²) in [5.74, 6) is 0.273. The van der Waals surface area contributed by atoms with Gasteiger partial charge in [-0.1, -0.05) is 13.0 Å². The lowest BCUT2D eigenvalue weighted by Crippen LogP contribution is -2.30. The smallest absolute Gasteiger partial charge is 0.259 e. The van der Waals surface area contributed by atoms with E-state index in [-0.39, 0.29) is 17.9 Å². The molecule has 144 valence electrons. The first-order valence-electron chi connectivity index (χ1n) is 9.20. The van der Waals surface area contributed by atoms with Crippen molar-refractivity contribution < 1.29 is 9.59 Å². The van der Waals surface area contributed by atoms with Crippen molar-refractivity contribution in [3.05, 3.63) is 71.7 Å². The zero-order valence-electron chi connectivity index (χ0n) is 16.1. The summed E-state index contributed by atoms with van der Waals surface area (Å²) < 4.78 is 1.67. The predicted molar refractivity (Wildman–Crippen MR) is 108 cm³/mol. The molecule has 2 amide bonds. The van der Waals surface area contributed by atoms with Gasteiger partial charge < -0.3 is 10.6 Å². The van der Waals surface area contributed by atoms with E-state index in [9.17, 15) is 9.59 Å². The summed E-state index contributed by atoms with van der Waals surface area (Å²) in [6.45, 7) is 5.78. The summed E-state index contributed by atoms with van der Waals surface area (Å²) in [5, 5.41) is 10.0. The van der Waals surface area contributed by atoms with Crippen molar-refractivity contribution in [1.82, 2.24) is 20.1 Å². The van der Waals surface area contributed by atoms with Gasteiger partial charge in [0, 0.05) is 23.5 Å². The predicted octanol–water partition coefficient (Wildman–Crippen LogP) is 3.22. The number of benzene rings is 1. The van der Waals surface area contributed by atoms with Crippen LogP contribution in [0.1, 0.15) is 47.2 Å². The number of hydrogen-bond donors (Lipinski definition) is 2. The highest BCUT2D eigenvalue weighted by molar-refractivity contribution is 6.05. The molecular weight excluding hydrogens is 354 g/mol. The minimum atomic E-state index is -0.251. The number of nitrogens with zero attached hydrogens (tertiary/aromatic N) is 3. The molecule has 0 radical (unpaired) electrons. The number of pyridine rings is 1. The van der Waals surface area contributed by atoms with Crippen LogP contribution in [-0.4, -0.2) is 32.6 Å². The van der Waals surface area contributed by atoms with Crippen molar-refractivity contribution in [2.24, 2.45) is 0 Å². The van der Waals surface area contributed by atoms with Crippen LogP contribution in [0.3, 0.4) is 0 Å². The van der Waals surface area contributed by atoms with Crippen LogP contribution in [0.15, 0.2) is 54.9 Å². The lowest BCUT2D eigenvalue weighted by Gasteiger charge is -2.10. The second-order valence-electron chi connectivity index (χ2n) is 6.62. The Hall–Kier alpha value is -3.48. The van der Waals surface area contributed by atoms with Crippen LogP contribution < -0.4 is 10.6 Å². The molecule has 3 aromatic rings. The maximum absolute atomic E-state index is 12.7. The van der Waals surface area contributed by atoms with Crippen LogP contribution in [0, 0.1) is 0 Å². The maximum Gasteiger partial charge on any atom is 0.259 e. The van der Waals surface area contributed by atoms with E-state index >= 15 is 0 Å². The van der Waals surface area contributed by atoms with Crippen molar-refractivity contribution in [3.8, 4) is 5.82 Å². The second-order valence-corrected chi connectivity index (χ2v) is 6.62. The molecule has 2 N–H and O–H groups in total. The van der Waals surface area contributed by atoms with Crippen LogP contribution in [0.2, 0.25) is 0 Å². The SMILES string of the molecule is CCc1c(C(=O)Nc2ccc(C(=O)NC(C)C)cc2)cnn1-c1ccccn1. The fourth-order valence-electron chi connectivity index (χ4n) is 2.83. The summed E-state index contributed by atoms with van der Waals surface area (Å²) in [7, 11) is 0. The Balaban J connectivity index is 1.77. The molecule has 0 spiro atoms. The Bertz CT molecular complexity index is 962. The quantitative estimate of drug-likeness (QED) is 0.690. The van der Waals surface area contributed by atoms with Gasteiger partial charge in [-0.3, -0.25) is 9.59 Å². The minimum absolute atomic E-state index is 0.0648. The number of anilines is 1. The molecule has 1 aromatic carbocycles. The standard InChI is InChI=1S/C21H23N5O2/c1-4-18-17(13-23-26(18)19-7-5-6-12-22-19)21(28)25-16-10-8-15(9-11-16)20(27)24-14(2)3/h5-14H,4H2,1-3H3,(H,24,27)(H,25,28). The van der Waals surface area contributed by atoms with E-state index in [0.29, 0.717) is 29.1 Å². The van der Waals surface area contributed by atoms with E-state index in [2.05, 4.69) is 20.7 Å². The first kappa shape index (κ1) is 19.3. The van der Waals surface area contributed by atoms with Crippen molar-refractivity contribution in [2.75, 3.05) is 5.32 Å². The molecule has 0 saturated carbocycles. The Kier molecular flexibility index (Phi) is 5.84. The van der Waals surface area contributed by atoms with Gasteiger partial charge >= 0.3 is 0 Å². The Morgan fingerprint density at radius 3 is 2.43 bits per heavy atom. The van der Waals surface area contributed by atoms with E-state index in [1.165, 1.54) is 0 Å². The van der Waals surface area contributed by atoms with Gasteiger partial charge in [0.2, 0.25) is 0 Å². The summed E-state index contributed by atoms with van der Waals surface area (Å²) in [5.41, 5.74) is 2.43. The van der Waals surface area contributed by atoms with Crippen molar-refractivity contribution in [3.63, 3.8) is 0 Å². The number of carbonyl (C=O) groups is 2. The third-order valence-corrected chi connectivity index (χ3v) is 4.14. The molecule has 2 aromatic heterocycles. The highest BCUT2D eigenvalue weighted by Crippen LogP contribution is 2.17. The fourth-order valence-corrected chi connectivity index (χ4v) is 2.83. The van der Waals surface area contributed by atoms with Gasteiger partial charge in [-0.05, 0) is 56.7 Å². The molecule has 7 heteroatoms. The Morgan fingerprint density at radius 1 is 1.07 bits per heavy atom. The molecule has 2 heterocycles. The Labute approximate surface area is 163 Å². The average Bonchev–Trinajstić information content (AvgIpc) is 3.13. The first-order chi connectivity index (χ1) is 13.5. The largest absolute Gasteiger partial charge is 0.350 e. The number of amides is 2. The minimum Gasteiger partial charge on any atom is -0.350 e. The van der Waals surface area contributed by atoms with Gasteiger partial charge in [-0.25, -0.2) is 9.67 Å². The monoisotopic (exact) mass is 377 g/mol. The lowest BCUT2D eigenvalue weighted by atomic mass is 10.1. The molecule has 0 aliphatic heterocycles. The summed E-state index contributed by atoms with van der Waals surface area (Å²) >= 11 is 0. The number of hydrogen-bond acceptors (Lipinski definition) is 4.